The number of nitrogen functional groups attached to an aromatic ring is 1. The van der Waals surface area contributed by atoms with Gasteiger partial charge in [0.1, 0.15) is 5.75 Å². The van der Waals surface area contributed by atoms with Crippen molar-refractivity contribution in [3.05, 3.63) is 23.8 Å². The molecule has 2 N–H and O–H groups in total. The summed E-state index contributed by atoms with van der Waals surface area (Å²) in [5.41, 5.74) is 6.99. The SMILES string of the molecule is COc1ccc(C(=O)N2CCCC[C@@H]2C)cc1N. The minimum Gasteiger partial charge on any atom is -0.495 e. The fourth-order valence-corrected chi connectivity index (χ4v) is 2.43. The van der Waals surface area contributed by atoms with Crippen LogP contribution in [0.4, 0.5) is 5.69 Å². The number of likely N-dealkylation sites (tertiary alicyclic amines) is 1. The minimum absolute atomic E-state index is 0.0663. The molecule has 2 rings (SSSR count). The zero-order chi connectivity index (χ0) is 13.1. The van der Waals surface area contributed by atoms with Gasteiger partial charge in [0, 0.05) is 18.2 Å². The molecule has 0 bridgehead atoms. The molecule has 0 spiro atoms. The van der Waals surface area contributed by atoms with Crippen molar-refractivity contribution in [2.75, 3.05) is 19.4 Å². The van der Waals surface area contributed by atoms with Gasteiger partial charge in [0.05, 0.1) is 12.8 Å². The van der Waals surface area contributed by atoms with Crippen LogP contribution in [0.1, 0.15) is 36.5 Å². The first-order valence-corrected chi connectivity index (χ1v) is 6.38. The Hall–Kier alpha value is -1.71. The number of hydrogen-bond acceptors (Lipinski definition) is 3. The van der Waals surface area contributed by atoms with E-state index in [4.69, 9.17) is 10.5 Å². The second kappa shape index (κ2) is 5.29. The molecule has 0 aromatic heterocycles. The summed E-state index contributed by atoms with van der Waals surface area (Å²) in [5.74, 6) is 0.676. The Morgan fingerprint density at radius 1 is 1.44 bits per heavy atom. The Balaban J connectivity index is 2.20. The molecule has 1 atom stereocenters. The molecular weight excluding hydrogens is 228 g/mol. The Morgan fingerprint density at radius 2 is 2.22 bits per heavy atom. The molecule has 1 saturated heterocycles. The fourth-order valence-electron chi connectivity index (χ4n) is 2.43. The Kier molecular flexibility index (Phi) is 3.75. The van der Waals surface area contributed by atoms with Crippen molar-refractivity contribution < 1.29 is 9.53 Å². The van der Waals surface area contributed by atoms with E-state index in [1.807, 2.05) is 4.90 Å². The third kappa shape index (κ3) is 2.42. The maximum atomic E-state index is 12.4. The predicted octanol–water partition coefficient (Wildman–Crippen LogP) is 2.29. The molecule has 18 heavy (non-hydrogen) atoms. The monoisotopic (exact) mass is 248 g/mol. The number of hydrogen-bond donors (Lipinski definition) is 1. The van der Waals surface area contributed by atoms with Gasteiger partial charge in [-0.25, -0.2) is 0 Å². The lowest BCUT2D eigenvalue weighted by molar-refractivity contribution is 0.0635. The molecule has 1 aromatic rings. The summed E-state index contributed by atoms with van der Waals surface area (Å²) >= 11 is 0. The molecular formula is C14H20N2O2. The third-order valence-corrected chi connectivity index (χ3v) is 3.54. The number of carbonyl (C=O) groups excluding carboxylic acids is 1. The van der Waals surface area contributed by atoms with Crippen LogP contribution in [0.2, 0.25) is 0 Å². The highest BCUT2D eigenvalue weighted by atomic mass is 16.5. The fraction of sp³-hybridized carbons (Fsp3) is 0.500. The lowest BCUT2D eigenvalue weighted by Gasteiger charge is -2.33. The number of ether oxygens (including phenoxy) is 1. The van der Waals surface area contributed by atoms with Gasteiger partial charge in [-0.2, -0.15) is 0 Å². The van der Waals surface area contributed by atoms with E-state index in [0.29, 0.717) is 23.0 Å². The van der Waals surface area contributed by atoms with Gasteiger partial charge in [-0.3, -0.25) is 4.79 Å². The number of rotatable bonds is 2. The highest BCUT2D eigenvalue weighted by Gasteiger charge is 2.24. The molecule has 4 nitrogen and oxygen atoms in total. The van der Waals surface area contributed by atoms with Crippen molar-refractivity contribution in [3.8, 4) is 5.75 Å². The topological polar surface area (TPSA) is 55.6 Å². The number of nitrogens with zero attached hydrogens (tertiary/aromatic N) is 1. The number of carbonyl (C=O) groups is 1. The average Bonchev–Trinajstić information content (AvgIpc) is 2.38. The number of benzene rings is 1. The lowest BCUT2D eigenvalue weighted by Crippen LogP contribution is -2.42. The number of piperidine rings is 1. The smallest absolute Gasteiger partial charge is 0.254 e. The van der Waals surface area contributed by atoms with Crippen molar-refractivity contribution in [2.24, 2.45) is 0 Å². The van der Waals surface area contributed by atoms with E-state index in [1.54, 1.807) is 25.3 Å². The Morgan fingerprint density at radius 3 is 2.83 bits per heavy atom. The standard InChI is InChI=1S/C14H20N2O2/c1-10-5-3-4-8-16(10)14(17)11-6-7-13(18-2)12(15)9-11/h6-7,9-10H,3-5,8,15H2,1-2H3/t10-/m0/s1. The zero-order valence-corrected chi connectivity index (χ0v) is 11.0. The van der Waals surface area contributed by atoms with Crippen LogP contribution in [-0.2, 0) is 0 Å². The first-order valence-electron chi connectivity index (χ1n) is 6.38. The van der Waals surface area contributed by atoms with Gasteiger partial charge >= 0.3 is 0 Å². The summed E-state index contributed by atoms with van der Waals surface area (Å²) in [6.45, 7) is 2.94. The van der Waals surface area contributed by atoms with Crippen LogP contribution >= 0.6 is 0 Å². The van der Waals surface area contributed by atoms with E-state index in [1.165, 1.54) is 6.42 Å². The van der Waals surface area contributed by atoms with Crippen molar-refractivity contribution >= 4 is 11.6 Å². The van der Waals surface area contributed by atoms with E-state index in [-0.39, 0.29) is 5.91 Å². The van der Waals surface area contributed by atoms with E-state index in [0.717, 1.165) is 19.4 Å². The maximum absolute atomic E-state index is 12.4. The van der Waals surface area contributed by atoms with Crippen molar-refractivity contribution in [1.82, 2.24) is 4.90 Å². The van der Waals surface area contributed by atoms with Gasteiger partial charge in [0.25, 0.3) is 5.91 Å². The Bertz CT molecular complexity index is 445. The molecule has 0 aliphatic carbocycles. The van der Waals surface area contributed by atoms with E-state index >= 15 is 0 Å². The quantitative estimate of drug-likeness (QED) is 0.817. The first kappa shape index (κ1) is 12.7. The summed E-state index contributed by atoms with van der Waals surface area (Å²) in [7, 11) is 1.57. The molecule has 0 saturated carbocycles. The van der Waals surface area contributed by atoms with E-state index in [9.17, 15) is 4.79 Å². The summed E-state index contributed by atoms with van der Waals surface area (Å²) < 4.78 is 5.10. The molecule has 0 radical (unpaired) electrons. The molecule has 1 aromatic carbocycles. The largest absolute Gasteiger partial charge is 0.495 e. The van der Waals surface area contributed by atoms with E-state index < -0.39 is 0 Å². The van der Waals surface area contributed by atoms with Crippen LogP contribution in [0.15, 0.2) is 18.2 Å². The maximum Gasteiger partial charge on any atom is 0.254 e. The van der Waals surface area contributed by atoms with Crippen molar-refractivity contribution in [1.29, 1.82) is 0 Å². The summed E-state index contributed by atoms with van der Waals surface area (Å²) in [5, 5.41) is 0. The van der Waals surface area contributed by atoms with Gasteiger partial charge in [-0.15, -0.1) is 0 Å². The average molecular weight is 248 g/mol. The molecule has 0 unspecified atom stereocenters. The Labute approximate surface area is 108 Å². The van der Waals surface area contributed by atoms with Crippen LogP contribution < -0.4 is 10.5 Å². The highest BCUT2D eigenvalue weighted by molar-refractivity contribution is 5.95. The van der Waals surface area contributed by atoms with E-state index in [2.05, 4.69) is 6.92 Å². The van der Waals surface area contributed by atoms with Crippen molar-refractivity contribution in [3.63, 3.8) is 0 Å². The molecule has 1 aliphatic rings. The van der Waals surface area contributed by atoms with Crippen LogP contribution in [-0.4, -0.2) is 30.5 Å². The van der Waals surface area contributed by atoms with Crippen molar-refractivity contribution in [2.45, 2.75) is 32.2 Å². The number of anilines is 1. The lowest BCUT2D eigenvalue weighted by atomic mass is 10.0. The van der Waals surface area contributed by atoms with Crippen LogP contribution in [0.25, 0.3) is 0 Å². The molecule has 4 heteroatoms. The van der Waals surface area contributed by atoms with Gasteiger partial charge in [-0.05, 0) is 44.4 Å². The molecule has 1 heterocycles. The van der Waals surface area contributed by atoms with Crippen LogP contribution in [0.5, 0.6) is 5.75 Å². The van der Waals surface area contributed by atoms with Gasteiger partial charge in [0.2, 0.25) is 0 Å². The molecule has 1 amide bonds. The number of amides is 1. The van der Waals surface area contributed by atoms with Crippen LogP contribution in [0, 0.1) is 0 Å². The zero-order valence-electron chi connectivity index (χ0n) is 11.0. The second-order valence-corrected chi connectivity index (χ2v) is 4.80. The second-order valence-electron chi connectivity index (χ2n) is 4.80. The molecule has 1 aliphatic heterocycles. The van der Waals surface area contributed by atoms with Crippen LogP contribution in [0.3, 0.4) is 0 Å². The summed E-state index contributed by atoms with van der Waals surface area (Å²) in [6, 6.07) is 5.54. The minimum atomic E-state index is 0.0663. The third-order valence-electron chi connectivity index (χ3n) is 3.54. The van der Waals surface area contributed by atoms with Gasteiger partial charge in [0.15, 0.2) is 0 Å². The highest BCUT2D eigenvalue weighted by Crippen LogP contribution is 2.24. The summed E-state index contributed by atoms with van der Waals surface area (Å²) in [4.78, 5) is 14.3. The summed E-state index contributed by atoms with van der Waals surface area (Å²) in [6.07, 6.45) is 3.37. The predicted molar refractivity (Wildman–Crippen MR) is 71.8 cm³/mol. The normalized spacial score (nSPS) is 19.7. The first-order chi connectivity index (χ1) is 8.63. The number of methoxy groups -OCH3 is 1. The van der Waals surface area contributed by atoms with Gasteiger partial charge in [-0.1, -0.05) is 0 Å². The molecule has 98 valence electrons. The number of nitrogens with two attached hydrogens (primary N) is 1. The molecule has 1 fully saturated rings. The van der Waals surface area contributed by atoms with Gasteiger partial charge < -0.3 is 15.4 Å².